The van der Waals surface area contributed by atoms with E-state index in [1.807, 2.05) is 6.07 Å². The number of aromatic amines is 1. The van der Waals surface area contributed by atoms with E-state index in [1.54, 1.807) is 18.2 Å². The normalized spacial score (nSPS) is 20.7. The molecule has 1 atom stereocenters. The van der Waals surface area contributed by atoms with Gasteiger partial charge in [0.05, 0.1) is 7.11 Å². The summed E-state index contributed by atoms with van der Waals surface area (Å²) < 4.78 is 5.40. The predicted molar refractivity (Wildman–Crippen MR) is 119 cm³/mol. The highest BCUT2D eigenvalue weighted by molar-refractivity contribution is 5.85. The first-order valence-corrected chi connectivity index (χ1v) is 10.9. The summed E-state index contributed by atoms with van der Waals surface area (Å²) in [7, 11) is 1.73. The first kappa shape index (κ1) is 18.7. The molecule has 1 N–H and O–H groups in total. The number of nitrogens with one attached hydrogen (secondary N) is 1. The van der Waals surface area contributed by atoms with Crippen LogP contribution in [-0.4, -0.2) is 54.1 Å². The molecule has 1 fully saturated rings. The van der Waals surface area contributed by atoms with Crippen molar-refractivity contribution in [3.05, 3.63) is 64.8 Å². The van der Waals surface area contributed by atoms with Crippen LogP contribution in [0.2, 0.25) is 0 Å². The van der Waals surface area contributed by atoms with Gasteiger partial charge in [-0.25, -0.2) is 0 Å². The molecular weight excluding hydrogens is 358 g/mol. The van der Waals surface area contributed by atoms with Gasteiger partial charge in [0.1, 0.15) is 5.75 Å². The van der Waals surface area contributed by atoms with E-state index in [9.17, 15) is 0 Å². The van der Waals surface area contributed by atoms with Gasteiger partial charge in [0.2, 0.25) is 0 Å². The van der Waals surface area contributed by atoms with Crippen molar-refractivity contribution in [2.24, 2.45) is 0 Å². The fourth-order valence-electron chi connectivity index (χ4n) is 5.15. The number of methoxy groups -OCH3 is 1. The fraction of sp³-hybridized carbons (Fsp3) is 0.440. The summed E-state index contributed by atoms with van der Waals surface area (Å²) in [4.78, 5) is 8.97. The Morgan fingerprint density at radius 3 is 2.62 bits per heavy atom. The largest absolute Gasteiger partial charge is 0.497 e. The Labute approximate surface area is 173 Å². The number of benzene rings is 2. The summed E-state index contributed by atoms with van der Waals surface area (Å²) in [6.45, 7) is 7.89. The minimum absolute atomic E-state index is 0.717. The maximum atomic E-state index is 5.40. The number of hydrogen-bond donors (Lipinski definition) is 1. The lowest BCUT2D eigenvalue weighted by Crippen LogP contribution is -2.51. The van der Waals surface area contributed by atoms with Gasteiger partial charge >= 0.3 is 0 Å². The number of fused-ring (bicyclic) bond motifs is 2. The quantitative estimate of drug-likeness (QED) is 0.727. The number of aryl methyl sites for hydroxylation is 2. The summed E-state index contributed by atoms with van der Waals surface area (Å²) in [6, 6.07) is 16.0. The van der Waals surface area contributed by atoms with Crippen molar-refractivity contribution < 1.29 is 4.74 Å². The molecule has 4 nitrogen and oxygen atoms in total. The number of aromatic nitrogens is 1. The van der Waals surface area contributed by atoms with Crippen molar-refractivity contribution in [1.82, 2.24) is 14.8 Å². The summed E-state index contributed by atoms with van der Waals surface area (Å²) in [6.07, 6.45) is 3.76. The number of piperazine rings is 1. The van der Waals surface area contributed by atoms with E-state index >= 15 is 0 Å². The standard InChI is InChI=1S/C25H31N3O/c1-18-23-16-22(29-2)9-10-24(23)26-25(18)17-27-11-13-28(14-12-27)21-8-7-19-5-3-4-6-20(19)15-21/h3-6,9-10,16,21,26H,7-8,11-15,17H2,1-2H3. The SMILES string of the molecule is COc1ccc2[nH]c(CN3CCN(C4CCc5ccccc5C4)CC3)c(C)c2c1. The van der Waals surface area contributed by atoms with Crippen molar-refractivity contribution in [2.75, 3.05) is 33.3 Å². The van der Waals surface area contributed by atoms with Crippen molar-refractivity contribution >= 4 is 10.9 Å². The molecule has 1 unspecified atom stereocenters. The van der Waals surface area contributed by atoms with E-state index in [1.165, 1.54) is 54.5 Å². The zero-order valence-corrected chi connectivity index (χ0v) is 17.6. The summed E-state index contributed by atoms with van der Waals surface area (Å²) in [5.41, 5.74) is 7.03. The van der Waals surface area contributed by atoms with Gasteiger partial charge in [0, 0.05) is 55.4 Å². The molecule has 152 valence electrons. The molecule has 2 heterocycles. The lowest BCUT2D eigenvalue weighted by atomic mass is 9.87. The van der Waals surface area contributed by atoms with Crippen LogP contribution in [-0.2, 0) is 19.4 Å². The van der Waals surface area contributed by atoms with E-state index in [-0.39, 0.29) is 0 Å². The number of nitrogens with zero attached hydrogens (tertiary/aromatic N) is 2. The molecular formula is C25H31N3O. The molecule has 1 saturated heterocycles. The maximum Gasteiger partial charge on any atom is 0.119 e. The van der Waals surface area contributed by atoms with E-state index in [0.717, 1.165) is 25.4 Å². The molecule has 2 aromatic carbocycles. The van der Waals surface area contributed by atoms with Crippen LogP contribution in [0.3, 0.4) is 0 Å². The smallest absolute Gasteiger partial charge is 0.119 e. The molecule has 0 bridgehead atoms. The Hall–Kier alpha value is -2.30. The minimum Gasteiger partial charge on any atom is -0.497 e. The first-order chi connectivity index (χ1) is 14.2. The molecule has 3 aromatic rings. The van der Waals surface area contributed by atoms with Crippen LogP contribution in [0, 0.1) is 6.92 Å². The zero-order valence-electron chi connectivity index (χ0n) is 17.6. The molecule has 1 aliphatic heterocycles. The van der Waals surface area contributed by atoms with Crippen molar-refractivity contribution in [3.8, 4) is 5.75 Å². The van der Waals surface area contributed by atoms with Crippen molar-refractivity contribution in [1.29, 1.82) is 0 Å². The lowest BCUT2D eigenvalue weighted by molar-refractivity contribution is 0.0850. The maximum absolute atomic E-state index is 5.40. The van der Waals surface area contributed by atoms with Crippen LogP contribution in [0.25, 0.3) is 10.9 Å². The van der Waals surface area contributed by atoms with Crippen LogP contribution < -0.4 is 4.74 Å². The second-order valence-corrected chi connectivity index (χ2v) is 8.62. The highest BCUT2D eigenvalue weighted by Crippen LogP contribution is 2.28. The molecule has 1 aromatic heterocycles. The summed E-state index contributed by atoms with van der Waals surface area (Å²) >= 11 is 0. The predicted octanol–water partition coefficient (Wildman–Crippen LogP) is 4.16. The summed E-state index contributed by atoms with van der Waals surface area (Å²) in [5, 5.41) is 1.28. The second-order valence-electron chi connectivity index (χ2n) is 8.62. The number of H-pyrrole nitrogens is 1. The minimum atomic E-state index is 0.717. The van der Waals surface area contributed by atoms with E-state index < -0.39 is 0 Å². The molecule has 4 heteroatoms. The van der Waals surface area contributed by atoms with E-state index in [0.29, 0.717) is 6.04 Å². The number of ether oxygens (including phenoxy) is 1. The third-order valence-corrected chi connectivity index (χ3v) is 6.99. The average Bonchev–Trinajstić information content (AvgIpc) is 3.08. The van der Waals surface area contributed by atoms with Crippen LogP contribution >= 0.6 is 0 Å². The molecule has 0 amide bonds. The van der Waals surface area contributed by atoms with Gasteiger partial charge < -0.3 is 9.72 Å². The van der Waals surface area contributed by atoms with Gasteiger partial charge in [-0.2, -0.15) is 0 Å². The summed E-state index contributed by atoms with van der Waals surface area (Å²) in [5.74, 6) is 0.925. The molecule has 5 rings (SSSR count). The van der Waals surface area contributed by atoms with E-state index in [2.05, 4.69) is 58.1 Å². The molecule has 2 aliphatic rings. The van der Waals surface area contributed by atoms with Gasteiger partial charge in [-0.15, -0.1) is 0 Å². The molecule has 0 radical (unpaired) electrons. The molecule has 29 heavy (non-hydrogen) atoms. The second kappa shape index (κ2) is 7.85. The highest BCUT2D eigenvalue weighted by atomic mass is 16.5. The Morgan fingerprint density at radius 2 is 1.83 bits per heavy atom. The van der Waals surface area contributed by atoms with Crippen molar-refractivity contribution in [3.63, 3.8) is 0 Å². The average molecular weight is 390 g/mol. The number of hydrogen-bond acceptors (Lipinski definition) is 3. The Balaban J connectivity index is 1.22. The topological polar surface area (TPSA) is 31.5 Å². The third kappa shape index (κ3) is 3.67. The monoisotopic (exact) mass is 389 g/mol. The van der Waals surface area contributed by atoms with Gasteiger partial charge in [-0.3, -0.25) is 9.80 Å². The van der Waals surface area contributed by atoms with Gasteiger partial charge in [0.25, 0.3) is 0 Å². The van der Waals surface area contributed by atoms with Gasteiger partial charge in [-0.1, -0.05) is 24.3 Å². The van der Waals surface area contributed by atoms with Gasteiger partial charge in [-0.05, 0) is 61.1 Å². The van der Waals surface area contributed by atoms with E-state index in [4.69, 9.17) is 4.74 Å². The highest BCUT2D eigenvalue weighted by Gasteiger charge is 2.27. The molecule has 0 saturated carbocycles. The van der Waals surface area contributed by atoms with Crippen LogP contribution in [0.15, 0.2) is 42.5 Å². The molecule has 1 aliphatic carbocycles. The Morgan fingerprint density at radius 1 is 1.03 bits per heavy atom. The lowest BCUT2D eigenvalue weighted by Gasteiger charge is -2.41. The zero-order chi connectivity index (χ0) is 19.8. The Kier molecular flexibility index (Phi) is 5.06. The molecule has 0 spiro atoms. The van der Waals surface area contributed by atoms with Crippen LogP contribution in [0.1, 0.15) is 28.8 Å². The number of rotatable bonds is 4. The van der Waals surface area contributed by atoms with Crippen molar-refractivity contribution in [2.45, 2.75) is 38.8 Å². The van der Waals surface area contributed by atoms with Crippen LogP contribution in [0.4, 0.5) is 0 Å². The van der Waals surface area contributed by atoms with Gasteiger partial charge in [0.15, 0.2) is 0 Å². The van der Waals surface area contributed by atoms with Crippen LogP contribution in [0.5, 0.6) is 5.75 Å². The fourth-order valence-corrected chi connectivity index (χ4v) is 5.15. The Bertz CT molecular complexity index is 1000. The third-order valence-electron chi connectivity index (χ3n) is 6.99. The first-order valence-electron chi connectivity index (χ1n) is 10.9.